The Morgan fingerprint density at radius 3 is 2.61 bits per heavy atom. The summed E-state index contributed by atoms with van der Waals surface area (Å²) in [5.74, 6) is 0.911. The lowest BCUT2D eigenvalue weighted by atomic mass is 9.87. The second-order valence-electron chi connectivity index (χ2n) is 5.61. The van der Waals surface area contributed by atoms with Crippen LogP contribution in [0.15, 0.2) is 11.4 Å². The van der Waals surface area contributed by atoms with Gasteiger partial charge in [0.15, 0.2) is 0 Å². The highest BCUT2D eigenvalue weighted by atomic mass is 35.5. The minimum atomic E-state index is 0.175. The molecule has 1 atom stereocenters. The molecule has 0 amide bonds. The summed E-state index contributed by atoms with van der Waals surface area (Å²) in [4.78, 5) is 11.8. The van der Waals surface area contributed by atoms with E-state index < -0.39 is 0 Å². The van der Waals surface area contributed by atoms with Crippen LogP contribution >= 0.6 is 22.9 Å². The molecule has 0 radical (unpaired) electrons. The highest BCUT2D eigenvalue weighted by Gasteiger charge is 2.26. The molecule has 0 saturated heterocycles. The molecular weight excluding hydrogens is 266 g/mol. The molecule has 0 fully saturated rings. The van der Waals surface area contributed by atoms with Gasteiger partial charge in [-0.25, -0.2) is 4.98 Å². The molecule has 0 spiro atoms. The first-order valence-electron chi connectivity index (χ1n) is 5.94. The summed E-state index contributed by atoms with van der Waals surface area (Å²) >= 11 is 7.59. The van der Waals surface area contributed by atoms with E-state index >= 15 is 0 Å². The lowest BCUT2D eigenvalue weighted by Crippen LogP contribution is -2.39. The van der Waals surface area contributed by atoms with E-state index in [-0.39, 0.29) is 5.41 Å². The molecule has 2 rings (SSSR count). The Labute approximate surface area is 117 Å². The van der Waals surface area contributed by atoms with E-state index in [9.17, 15) is 0 Å². The van der Waals surface area contributed by atoms with Crippen LogP contribution in [0.2, 0.25) is 5.28 Å². The van der Waals surface area contributed by atoms with Crippen molar-refractivity contribution in [3.63, 3.8) is 0 Å². The molecule has 2 heterocycles. The van der Waals surface area contributed by atoms with Crippen molar-refractivity contribution < 1.29 is 0 Å². The number of hydrogen-bond acceptors (Lipinski definition) is 4. The number of aromatic nitrogens is 2. The Balaban J connectivity index is 2.50. The molecular formula is C13H18ClN3S. The predicted octanol–water partition coefficient (Wildman–Crippen LogP) is 4.22. The van der Waals surface area contributed by atoms with Gasteiger partial charge in [0.2, 0.25) is 5.28 Å². The van der Waals surface area contributed by atoms with E-state index in [0.29, 0.717) is 11.3 Å². The minimum absolute atomic E-state index is 0.175. The SMILES string of the molecule is CC(N(C)c1nc(Cl)nc2sccc12)C(C)(C)C. The van der Waals surface area contributed by atoms with Gasteiger partial charge in [-0.1, -0.05) is 20.8 Å². The average Bonchev–Trinajstić information content (AvgIpc) is 2.72. The van der Waals surface area contributed by atoms with E-state index in [2.05, 4.69) is 55.7 Å². The maximum Gasteiger partial charge on any atom is 0.225 e. The summed E-state index contributed by atoms with van der Waals surface area (Å²) < 4.78 is 0. The zero-order valence-electron chi connectivity index (χ0n) is 11.4. The fourth-order valence-corrected chi connectivity index (χ4v) is 2.82. The number of halogens is 1. The van der Waals surface area contributed by atoms with E-state index in [0.717, 1.165) is 16.0 Å². The minimum Gasteiger partial charge on any atom is -0.356 e. The van der Waals surface area contributed by atoms with Crippen molar-refractivity contribution in [2.45, 2.75) is 33.7 Å². The van der Waals surface area contributed by atoms with Gasteiger partial charge in [-0.05, 0) is 35.4 Å². The maximum absolute atomic E-state index is 6.00. The van der Waals surface area contributed by atoms with Gasteiger partial charge in [-0.3, -0.25) is 0 Å². The van der Waals surface area contributed by atoms with Crippen molar-refractivity contribution >= 4 is 39.0 Å². The lowest BCUT2D eigenvalue weighted by Gasteiger charge is -2.36. The third kappa shape index (κ3) is 2.45. The van der Waals surface area contributed by atoms with Crippen molar-refractivity contribution in [1.29, 1.82) is 0 Å². The van der Waals surface area contributed by atoms with Crippen molar-refractivity contribution in [3.05, 3.63) is 16.7 Å². The predicted molar refractivity (Wildman–Crippen MR) is 79.7 cm³/mol. The molecule has 0 saturated carbocycles. The second kappa shape index (κ2) is 4.67. The number of fused-ring (bicyclic) bond motifs is 1. The summed E-state index contributed by atoms with van der Waals surface area (Å²) in [6.45, 7) is 8.87. The van der Waals surface area contributed by atoms with Gasteiger partial charge < -0.3 is 4.90 Å². The van der Waals surface area contributed by atoms with E-state index in [1.165, 1.54) is 0 Å². The van der Waals surface area contributed by atoms with Crippen LogP contribution in [-0.4, -0.2) is 23.1 Å². The van der Waals surface area contributed by atoms with Gasteiger partial charge in [0, 0.05) is 13.1 Å². The molecule has 3 nitrogen and oxygen atoms in total. The van der Waals surface area contributed by atoms with Gasteiger partial charge in [0.1, 0.15) is 10.6 Å². The van der Waals surface area contributed by atoms with Gasteiger partial charge in [-0.2, -0.15) is 4.98 Å². The zero-order chi connectivity index (χ0) is 13.5. The molecule has 5 heteroatoms. The molecule has 98 valence electrons. The monoisotopic (exact) mass is 283 g/mol. The molecule has 2 aromatic rings. The van der Waals surface area contributed by atoms with Gasteiger partial charge in [0.05, 0.1) is 5.39 Å². The van der Waals surface area contributed by atoms with E-state index in [1.54, 1.807) is 11.3 Å². The molecule has 0 aromatic carbocycles. The highest BCUT2D eigenvalue weighted by molar-refractivity contribution is 7.16. The third-order valence-corrected chi connectivity index (χ3v) is 4.42. The number of thiophene rings is 1. The Morgan fingerprint density at radius 1 is 1.33 bits per heavy atom. The van der Waals surface area contributed by atoms with Crippen molar-refractivity contribution in [3.8, 4) is 0 Å². The molecule has 0 aliphatic carbocycles. The summed E-state index contributed by atoms with van der Waals surface area (Å²) in [5, 5.41) is 3.41. The van der Waals surface area contributed by atoms with Crippen LogP contribution in [0, 0.1) is 5.41 Å². The van der Waals surface area contributed by atoms with Crippen LogP contribution < -0.4 is 4.90 Å². The van der Waals surface area contributed by atoms with E-state index in [4.69, 9.17) is 11.6 Å². The Hall–Kier alpha value is -0.870. The first-order valence-corrected chi connectivity index (χ1v) is 7.20. The largest absolute Gasteiger partial charge is 0.356 e. The topological polar surface area (TPSA) is 29.0 Å². The van der Waals surface area contributed by atoms with Crippen LogP contribution in [0.3, 0.4) is 0 Å². The standard InChI is InChI=1S/C13H18ClN3S/c1-8(13(2,3)4)17(5)10-9-6-7-18-11(9)16-12(14)15-10/h6-8H,1-5H3. The fourth-order valence-electron chi connectivity index (χ4n) is 1.85. The summed E-state index contributed by atoms with van der Waals surface area (Å²) in [5.41, 5.74) is 0.175. The maximum atomic E-state index is 6.00. The highest BCUT2D eigenvalue weighted by Crippen LogP contribution is 2.32. The Bertz CT molecular complexity index is 559. The van der Waals surface area contributed by atoms with E-state index in [1.807, 2.05) is 5.38 Å². The number of nitrogens with zero attached hydrogens (tertiary/aromatic N) is 3. The number of hydrogen-bond donors (Lipinski definition) is 0. The average molecular weight is 284 g/mol. The quantitative estimate of drug-likeness (QED) is 0.773. The van der Waals surface area contributed by atoms with Crippen LogP contribution in [0.4, 0.5) is 5.82 Å². The second-order valence-corrected chi connectivity index (χ2v) is 6.84. The molecule has 18 heavy (non-hydrogen) atoms. The van der Waals surface area contributed by atoms with Gasteiger partial charge in [0.25, 0.3) is 0 Å². The van der Waals surface area contributed by atoms with Crippen molar-refractivity contribution in [1.82, 2.24) is 9.97 Å². The molecule has 0 bridgehead atoms. The first kappa shape index (κ1) is 13.6. The molecule has 0 aliphatic rings. The summed E-state index contributed by atoms with van der Waals surface area (Å²) in [6, 6.07) is 2.41. The fraction of sp³-hybridized carbons (Fsp3) is 0.538. The van der Waals surface area contributed by atoms with Crippen molar-refractivity contribution in [2.24, 2.45) is 5.41 Å². The zero-order valence-corrected chi connectivity index (χ0v) is 12.9. The number of anilines is 1. The van der Waals surface area contributed by atoms with Crippen LogP contribution in [0.25, 0.3) is 10.2 Å². The third-order valence-electron chi connectivity index (χ3n) is 3.45. The normalized spacial score (nSPS) is 13.9. The smallest absolute Gasteiger partial charge is 0.225 e. The summed E-state index contributed by atoms with van der Waals surface area (Å²) in [7, 11) is 2.06. The Kier molecular flexibility index (Phi) is 3.52. The van der Waals surface area contributed by atoms with Crippen LogP contribution in [-0.2, 0) is 0 Å². The van der Waals surface area contributed by atoms with Gasteiger partial charge in [-0.15, -0.1) is 11.3 Å². The molecule has 2 aromatic heterocycles. The Morgan fingerprint density at radius 2 is 2.00 bits per heavy atom. The molecule has 0 N–H and O–H groups in total. The number of rotatable bonds is 2. The lowest BCUT2D eigenvalue weighted by molar-refractivity contribution is 0.329. The molecule has 0 aliphatic heterocycles. The van der Waals surface area contributed by atoms with Crippen LogP contribution in [0.5, 0.6) is 0 Å². The van der Waals surface area contributed by atoms with Crippen molar-refractivity contribution in [2.75, 3.05) is 11.9 Å². The van der Waals surface area contributed by atoms with Gasteiger partial charge >= 0.3 is 0 Å². The summed E-state index contributed by atoms with van der Waals surface area (Å²) in [6.07, 6.45) is 0. The van der Waals surface area contributed by atoms with Crippen LogP contribution in [0.1, 0.15) is 27.7 Å². The first-order chi connectivity index (χ1) is 8.30. The molecule has 1 unspecified atom stereocenters.